The van der Waals surface area contributed by atoms with Crippen LogP contribution in [0.1, 0.15) is 39.5 Å². The van der Waals surface area contributed by atoms with Crippen LogP contribution in [0.25, 0.3) is 27.6 Å². The predicted molar refractivity (Wildman–Crippen MR) is 121 cm³/mol. The summed E-state index contributed by atoms with van der Waals surface area (Å²) < 4.78 is 1.77. The third kappa shape index (κ3) is 4.26. The molecular weight excluding hydrogens is 394 g/mol. The number of fused-ring (bicyclic) bond motifs is 1. The van der Waals surface area contributed by atoms with Crippen molar-refractivity contribution in [2.24, 2.45) is 5.92 Å². The molecule has 0 aliphatic carbocycles. The molecule has 1 amide bonds. The first-order chi connectivity index (χ1) is 14.7. The van der Waals surface area contributed by atoms with E-state index in [-0.39, 0.29) is 11.8 Å². The van der Waals surface area contributed by atoms with Crippen molar-refractivity contribution in [3.05, 3.63) is 53.9 Å². The summed E-state index contributed by atoms with van der Waals surface area (Å²) in [6, 6.07) is 15.7. The molecule has 154 valence electrons. The lowest BCUT2D eigenvalue weighted by atomic mass is 9.97. The predicted octanol–water partition coefficient (Wildman–Crippen LogP) is 5.67. The largest absolute Gasteiger partial charge is 0.326 e. The molecule has 3 heterocycles. The summed E-state index contributed by atoms with van der Waals surface area (Å²) in [7, 11) is 0. The first-order valence-electron chi connectivity index (χ1n) is 10.4. The molecule has 0 atom stereocenters. The smallest absolute Gasteiger partial charge is 0.227 e. The molecule has 0 saturated heterocycles. The van der Waals surface area contributed by atoms with E-state index in [1.807, 2.05) is 53.9 Å². The van der Waals surface area contributed by atoms with Gasteiger partial charge >= 0.3 is 0 Å². The van der Waals surface area contributed by atoms with Crippen LogP contribution in [0.5, 0.6) is 0 Å². The van der Waals surface area contributed by atoms with E-state index in [2.05, 4.69) is 29.4 Å². The van der Waals surface area contributed by atoms with E-state index in [9.17, 15) is 4.79 Å². The molecule has 0 aliphatic rings. The third-order valence-corrected chi connectivity index (χ3v) is 5.96. The number of hydrogen-bond acceptors (Lipinski definition) is 5. The first kappa shape index (κ1) is 20.2. The van der Waals surface area contributed by atoms with Crippen molar-refractivity contribution in [2.75, 3.05) is 5.32 Å². The second kappa shape index (κ2) is 9.17. The number of nitrogens with one attached hydrogen (secondary N) is 1. The average molecular weight is 420 g/mol. The van der Waals surface area contributed by atoms with Crippen molar-refractivity contribution in [3.8, 4) is 22.0 Å². The number of amides is 1. The Bertz CT molecular complexity index is 1110. The summed E-state index contributed by atoms with van der Waals surface area (Å²) in [6.07, 6.45) is 3.88. The number of rotatable bonds is 8. The van der Waals surface area contributed by atoms with Gasteiger partial charge in [-0.25, -0.2) is 0 Å². The Morgan fingerprint density at radius 2 is 1.80 bits per heavy atom. The van der Waals surface area contributed by atoms with Gasteiger partial charge in [-0.1, -0.05) is 44.9 Å². The average Bonchev–Trinajstić information content (AvgIpc) is 3.43. The van der Waals surface area contributed by atoms with Crippen molar-refractivity contribution in [3.63, 3.8) is 0 Å². The highest BCUT2D eigenvalue weighted by Gasteiger charge is 2.17. The Morgan fingerprint density at radius 1 is 1.03 bits per heavy atom. The van der Waals surface area contributed by atoms with Crippen LogP contribution in [0.2, 0.25) is 0 Å². The molecule has 4 rings (SSSR count). The second-order valence-corrected chi connectivity index (χ2v) is 8.28. The molecule has 0 bridgehead atoms. The molecule has 0 aliphatic heterocycles. The summed E-state index contributed by atoms with van der Waals surface area (Å²) in [4.78, 5) is 13.6. The van der Waals surface area contributed by atoms with Crippen molar-refractivity contribution < 1.29 is 4.79 Å². The van der Waals surface area contributed by atoms with Crippen LogP contribution in [-0.2, 0) is 4.79 Å². The second-order valence-electron chi connectivity index (χ2n) is 7.33. The van der Waals surface area contributed by atoms with Crippen LogP contribution in [0, 0.1) is 5.92 Å². The van der Waals surface area contributed by atoms with E-state index in [0.29, 0.717) is 5.65 Å². The van der Waals surface area contributed by atoms with Gasteiger partial charge in [-0.05, 0) is 48.6 Å². The Kier molecular flexibility index (Phi) is 6.18. The summed E-state index contributed by atoms with van der Waals surface area (Å²) >= 11 is 1.61. The molecule has 0 saturated carbocycles. The molecule has 6 nitrogen and oxygen atoms in total. The van der Waals surface area contributed by atoms with Gasteiger partial charge < -0.3 is 5.32 Å². The van der Waals surface area contributed by atoms with Crippen molar-refractivity contribution in [2.45, 2.75) is 39.5 Å². The van der Waals surface area contributed by atoms with E-state index >= 15 is 0 Å². The molecule has 4 aromatic rings. The fraction of sp³-hybridized carbons (Fsp3) is 0.304. The molecular formula is C23H25N5OS. The molecule has 3 aromatic heterocycles. The zero-order chi connectivity index (χ0) is 20.9. The minimum Gasteiger partial charge on any atom is -0.326 e. The minimum absolute atomic E-state index is 0.0770. The van der Waals surface area contributed by atoms with Gasteiger partial charge in [0.2, 0.25) is 5.91 Å². The van der Waals surface area contributed by atoms with E-state index < -0.39 is 0 Å². The maximum atomic E-state index is 12.6. The highest BCUT2D eigenvalue weighted by Crippen LogP contribution is 2.25. The standard InChI is InChI=1S/C23H25N5OS/c1-3-6-17(7-4-2)23(29)24-18-11-9-16(10-12-18)19-13-14-21-25-26-22(28(21)27-19)20-8-5-15-30-20/h5,8-15,17H,3-4,6-7H2,1-2H3,(H,24,29). The van der Waals surface area contributed by atoms with Gasteiger partial charge in [0.25, 0.3) is 0 Å². The maximum Gasteiger partial charge on any atom is 0.227 e. The van der Waals surface area contributed by atoms with Crippen LogP contribution >= 0.6 is 11.3 Å². The van der Waals surface area contributed by atoms with E-state index in [4.69, 9.17) is 5.10 Å². The van der Waals surface area contributed by atoms with Gasteiger partial charge in [-0.2, -0.15) is 9.61 Å². The lowest BCUT2D eigenvalue weighted by Gasteiger charge is -2.15. The topological polar surface area (TPSA) is 72.2 Å². The highest BCUT2D eigenvalue weighted by atomic mass is 32.1. The lowest BCUT2D eigenvalue weighted by molar-refractivity contribution is -0.120. The molecule has 0 fully saturated rings. The zero-order valence-corrected chi connectivity index (χ0v) is 18.0. The molecule has 0 radical (unpaired) electrons. The van der Waals surface area contributed by atoms with Gasteiger partial charge in [-0.3, -0.25) is 4.79 Å². The first-order valence-corrected chi connectivity index (χ1v) is 11.2. The molecule has 1 aromatic carbocycles. The number of aromatic nitrogens is 4. The van der Waals surface area contributed by atoms with Gasteiger partial charge in [-0.15, -0.1) is 21.5 Å². The molecule has 7 heteroatoms. The SMILES string of the molecule is CCCC(CCC)C(=O)Nc1ccc(-c2ccc3nnc(-c4cccs4)n3n2)cc1. The lowest BCUT2D eigenvalue weighted by Crippen LogP contribution is -2.22. The Balaban J connectivity index is 1.54. The summed E-state index contributed by atoms with van der Waals surface area (Å²) in [5.74, 6) is 0.924. The fourth-order valence-corrected chi connectivity index (χ4v) is 4.27. The Morgan fingerprint density at radius 3 is 2.47 bits per heavy atom. The van der Waals surface area contributed by atoms with Crippen LogP contribution in [0.4, 0.5) is 5.69 Å². The van der Waals surface area contributed by atoms with Crippen LogP contribution in [-0.4, -0.2) is 25.7 Å². The van der Waals surface area contributed by atoms with Crippen LogP contribution < -0.4 is 5.32 Å². The van der Waals surface area contributed by atoms with E-state index in [1.165, 1.54) is 0 Å². The highest BCUT2D eigenvalue weighted by molar-refractivity contribution is 7.13. The van der Waals surface area contributed by atoms with Crippen molar-refractivity contribution in [1.29, 1.82) is 0 Å². The maximum absolute atomic E-state index is 12.6. The van der Waals surface area contributed by atoms with Crippen molar-refractivity contribution in [1.82, 2.24) is 19.8 Å². The number of carbonyl (C=O) groups excluding carboxylic acids is 1. The number of carbonyl (C=O) groups is 1. The molecule has 1 N–H and O–H groups in total. The van der Waals surface area contributed by atoms with Crippen LogP contribution in [0.15, 0.2) is 53.9 Å². The van der Waals surface area contributed by atoms with Gasteiger partial charge in [0, 0.05) is 17.2 Å². The summed E-state index contributed by atoms with van der Waals surface area (Å²) in [6.45, 7) is 4.24. The molecule has 0 unspecified atom stereocenters. The summed E-state index contributed by atoms with van der Waals surface area (Å²) in [5, 5.41) is 18.3. The van der Waals surface area contributed by atoms with Gasteiger partial charge in [0.05, 0.1) is 10.6 Å². The van der Waals surface area contributed by atoms with E-state index in [1.54, 1.807) is 15.9 Å². The number of thiophene rings is 1. The Labute approximate surface area is 180 Å². The number of hydrogen-bond donors (Lipinski definition) is 1. The molecule has 30 heavy (non-hydrogen) atoms. The summed E-state index contributed by atoms with van der Waals surface area (Å²) in [5.41, 5.74) is 3.32. The number of nitrogens with zero attached hydrogens (tertiary/aromatic N) is 4. The van der Waals surface area contributed by atoms with E-state index in [0.717, 1.165) is 53.3 Å². The molecule has 0 spiro atoms. The minimum atomic E-state index is 0.0770. The fourth-order valence-electron chi connectivity index (χ4n) is 3.57. The number of anilines is 1. The van der Waals surface area contributed by atoms with Gasteiger partial charge in [0.1, 0.15) is 0 Å². The number of benzene rings is 1. The zero-order valence-electron chi connectivity index (χ0n) is 17.2. The van der Waals surface area contributed by atoms with Gasteiger partial charge in [0.15, 0.2) is 11.5 Å². The third-order valence-electron chi connectivity index (χ3n) is 5.10. The monoisotopic (exact) mass is 419 g/mol. The Hall–Kier alpha value is -3.06. The van der Waals surface area contributed by atoms with Crippen molar-refractivity contribution >= 4 is 28.6 Å². The van der Waals surface area contributed by atoms with Crippen LogP contribution in [0.3, 0.4) is 0 Å². The quantitative estimate of drug-likeness (QED) is 0.399. The normalized spacial score (nSPS) is 11.3.